The van der Waals surface area contributed by atoms with E-state index < -0.39 is 0 Å². The first-order valence-corrected chi connectivity index (χ1v) is 8.88. The second-order valence-electron chi connectivity index (χ2n) is 6.99. The maximum atomic E-state index is 5.02. The second kappa shape index (κ2) is 6.06. The number of imidazole rings is 1. The first-order chi connectivity index (χ1) is 12.1. The van der Waals surface area contributed by atoms with Crippen LogP contribution < -0.4 is 4.90 Å². The van der Waals surface area contributed by atoms with E-state index in [0.717, 1.165) is 37.0 Å². The van der Waals surface area contributed by atoms with Crippen LogP contribution in [0.5, 0.6) is 0 Å². The largest absolute Gasteiger partial charge is 0.368 e. The van der Waals surface area contributed by atoms with Gasteiger partial charge in [0.1, 0.15) is 5.82 Å². The van der Waals surface area contributed by atoms with Gasteiger partial charge in [0.25, 0.3) is 0 Å². The molecule has 25 heavy (non-hydrogen) atoms. The molecule has 0 aliphatic carbocycles. The molecule has 0 saturated heterocycles. The summed E-state index contributed by atoms with van der Waals surface area (Å²) in [6.45, 7) is 3.97. The van der Waals surface area contributed by atoms with Crippen molar-refractivity contribution in [2.45, 2.75) is 31.7 Å². The molecule has 2 aromatic heterocycles. The van der Waals surface area contributed by atoms with E-state index >= 15 is 0 Å². The van der Waals surface area contributed by atoms with Gasteiger partial charge in [-0.25, -0.2) is 4.98 Å². The van der Waals surface area contributed by atoms with E-state index in [0.29, 0.717) is 6.04 Å². The third-order valence-electron chi connectivity index (χ3n) is 5.46. The van der Waals surface area contributed by atoms with Crippen LogP contribution in [0.1, 0.15) is 23.4 Å². The van der Waals surface area contributed by atoms with Crippen LogP contribution in [0.2, 0.25) is 0 Å². The van der Waals surface area contributed by atoms with E-state index in [1.54, 1.807) is 0 Å². The number of rotatable bonds is 4. The number of aromatic nitrogens is 4. The van der Waals surface area contributed by atoms with Crippen molar-refractivity contribution >= 4 is 16.7 Å². The van der Waals surface area contributed by atoms with Crippen molar-refractivity contribution in [3.63, 3.8) is 0 Å². The number of nitrogens with zero attached hydrogens (tertiary/aromatic N) is 5. The molecule has 3 aromatic rings. The molecule has 0 N–H and O–H groups in total. The van der Waals surface area contributed by atoms with Crippen LogP contribution >= 0.6 is 0 Å². The molecule has 1 aliphatic rings. The predicted molar refractivity (Wildman–Crippen MR) is 102 cm³/mol. The number of hydrogen-bond donors (Lipinski definition) is 0. The van der Waals surface area contributed by atoms with Crippen molar-refractivity contribution in [1.29, 1.82) is 0 Å². The van der Waals surface area contributed by atoms with Crippen molar-refractivity contribution in [2.75, 3.05) is 11.9 Å². The molecular weight excluding hydrogens is 310 g/mol. The molecule has 0 radical (unpaired) electrons. The normalized spacial score (nSPS) is 17.1. The van der Waals surface area contributed by atoms with Gasteiger partial charge in [-0.15, -0.1) is 6.58 Å². The van der Waals surface area contributed by atoms with Gasteiger partial charge in [-0.3, -0.25) is 4.68 Å². The Bertz CT molecular complexity index is 933. The highest BCUT2D eigenvalue weighted by atomic mass is 15.2. The zero-order valence-corrected chi connectivity index (χ0v) is 15.2. The van der Waals surface area contributed by atoms with Crippen molar-refractivity contribution in [1.82, 2.24) is 19.3 Å². The van der Waals surface area contributed by atoms with E-state index in [1.165, 1.54) is 22.3 Å². The van der Waals surface area contributed by atoms with Gasteiger partial charge < -0.3 is 9.47 Å². The molecule has 5 heteroatoms. The number of aryl methyl sites for hydroxylation is 5. The third-order valence-corrected chi connectivity index (χ3v) is 5.46. The fraction of sp³-hybridized carbons (Fsp3) is 0.400. The minimum Gasteiger partial charge on any atom is -0.368 e. The van der Waals surface area contributed by atoms with Crippen LogP contribution in [-0.2, 0) is 33.4 Å². The van der Waals surface area contributed by atoms with Crippen LogP contribution in [0.25, 0.3) is 11.0 Å². The molecule has 3 heterocycles. The summed E-state index contributed by atoms with van der Waals surface area (Å²) in [6.07, 6.45) is 10.1. The maximum absolute atomic E-state index is 5.02. The molecule has 4 rings (SSSR count). The molecular formula is C20H25N5. The summed E-state index contributed by atoms with van der Waals surface area (Å²) < 4.78 is 4.10. The van der Waals surface area contributed by atoms with Crippen LogP contribution in [0.4, 0.5) is 5.69 Å². The van der Waals surface area contributed by atoms with Crippen molar-refractivity contribution in [3.05, 3.63) is 54.1 Å². The van der Waals surface area contributed by atoms with E-state index in [-0.39, 0.29) is 0 Å². The summed E-state index contributed by atoms with van der Waals surface area (Å²) in [5.41, 5.74) is 6.31. The lowest BCUT2D eigenvalue weighted by atomic mass is 9.95. The highest BCUT2D eigenvalue weighted by Crippen LogP contribution is 2.35. The Kier molecular flexibility index (Phi) is 3.86. The SMILES string of the molecule is C=CC1CCc2c(ccc3c2nc(CCc2cnn(C)c2)n3C)N1C. The van der Waals surface area contributed by atoms with Gasteiger partial charge in [-0.2, -0.15) is 5.10 Å². The summed E-state index contributed by atoms with van der Waals surface area (Å²) in [5.74, 6) is 1.14. The number of benzene rings is 1. The number of anilines is 1. The summed E-state index contributed by atoms with van der Waals surface area (Å²) >= 11 is 0. The topological polar surface area (TPSA) is 38.9 Å². The first kappa shape index (κ1) is 15.9. The fourth-order valence-electron chi connectivity index (χ4n) is 3.95. The highest BCUT2D eigenvalue weighted by molar-refractivity contribution is 5.86. The lowest BCUT2D eigenvalue weighted by Crippen LogP contribution is -2.34. The Morgan fingerprint density at radius 1 is 1.24 bits per heavy atom. The van der Waals surface area contributed by atoms with Crippen LogP contribution in [0.3, 0.4) is 0 Å². The van der Waals surface area contributed by atoms with Gasteiger partial charge >= 0.3 is 0 Å². The monoisotopic (exact) mass is 335 g/mol. The predicted octanol–water partition coefficient (Wildman–Crippen LogP) is 3.03. The minimum atomic E-state index is 0.415. The van der Waals surface area contributed by atoms with Gasteiger partial charge in [-0.05, 0) is 37.0 Å². The van der Waals surface area contributed by atoms with Gasteiger partial charge in [-0.1, -0.05) is 6.08 Å². The molecule has 130 valence electrons. The van der Waals surface area contributed by atoms with Gasteiger partial charge in [0, 0.05) is 51.1 Å². The Balaban J connectivity index is 1.69. The van der Waals surface area contributed by atoms with E-state index in [1.807, 2.05) is 24.0 Å². The molecule has 0 saturated carbocycles. The van der Waals surface area contributed by atoms with E-state index in [4.69, 9.17) is 4.98 Å². The molecule has 1 atom stereocenters. The second-order valence-corrected chi connectivity index (χ2v) is 6.99. The van der Waals surface area contributed by atoms with Crippen LogP contribution in [-0.4, -0.2) is 32.4 Å². The summed E-state index contributed by atoms with van der Waals surface area (Å²) in [6, 6.07) is 4.86. The summed E-state index contributed by atoms with van der Waals surface area (Å²) in [4.78, 5) is 7.34. The summed E-state index contributed by atoms with van der Waals surface area (Å²) in [7, 11) is 6.24. The van der Waals surface area contributed by atoms with Crippen LogP contribution in [0, 0.1) is 0 Å². The lowest BCUT2D eigenvalue weighted by Gasteiger charge is -2.34. The lowest BCUT2D eigenvalue weighted by molar-refractivity contribution is 0.648. The van der Waals surface area contributed by atoms with E-state index in [2.05, 4.69) is 53.6 Å². The zero-order chi connectivity index (χ0) is 17.6. The third kappa shape index (κ3) is 2.64. The Morgan fingerprint density at radius 3 is 2.80 bits per heavy atom. The van der Waals surface area contributed by atoms with Crippen LogP contribution in [0.15, 0.2) is 37.2 Å². The van der Waals surface area contributed by atoms with Gasteiger partial charge in [0.15, 0.2) is 0 Å². The molecule has 1 aliphatic heterocycles. The number of likely N-dealkylation sites (N-methyl/N-ethyl adjacent to an activating group) is 1. The van der Waals surface area contributed by atoms with E-state index in [9.17, 15) is 0 Å². The Morgan fingerprint density at radius 2 is 2.08 bits per heavy atom. The molecule has 0 spiro atoms. The molecule has 1 unspecified atom stereocenters. The number of hydrogen-bond acceptors (Lipinski definition) is 3. The average molecular weight is 335 g/mol. The maximum Gasteiger partial charge on any atom is 0.109 e. The van der Waals surface area contributed by atoms with Gasteiger partial charge in [0.2, 0.25) is 0 Å². The van der Waals surface area contributed by atoms with Crippen molar-refractivity contribution < 1.29 is 0 Å². The highest BCUT2D eigenvalue weighted by Gasteiger charge is 2.24. The fourth-order valence-corrected chi connectivity index (χ4v) is 3.95. The Labute approximate surface area is 148 Å². The molecule has 0 amide bonds. The summed E-state index contributed by atoms with van der Waals surface area (Å²) in [5, 5.41) is 4.25. The van der Waals surface area contributed by atoms with Crippen molar-refractivity contribution in [3.8, 4) is 0 Å². The van der Waals surface area contributed by atoms with Crippen molar-refractivity contribution in [2.24, 2.45) is 14.1 Å². The first-order valence-electron chi connectivity index (χ1n) is 8.88. The zero-order valence-electron chi connectivity index (χ0n) is 15.2. The molecule has 0 bridgehead atoms. The number of fused-ring (bicyclic) bond motifs is 3. The molecule has 1 aromatic carbocycles. The smallest absolute Gasteiger partial charge is 0.109 e. The van der Waals surface area contributed by atoms with Gasteiger partial charge in [0.05, 0.1) is 17.2 Å². The average Bonchev–Trinajstić information content (AvgIpc) is 3.17. The molecule has 0 fully saturated rings. The minimum absolute atomic E-state index is 0.415. The molecule has 5 nitrogen and oxygen atoms in total. The quantitative estimate of drug-likeness (QED) is 0.688. The standard InChI is InChI=1S/C20H25N5/c1-5-15-7-8-16-17(24(15)3)9-10-18-20(16)22-19(25(18)4)11-6-14-12-21-23(2)13-14/h5,9-10,12-13,15H,1,6-8,11H2,2-4H3. The Hall–Kier alpha value is -2.56.